The molecule has 0 fully saturated rings. The molecule has 0 bridgehead atoms. The minimum Gasteiger partial charge on any atom is -0.497 e. The van der Waals surface area contributed by atoms with Crippen LogP contribution < -0.4 is 14.8 Å². The van der Waals surface area contributed by atoms with E-state index >= 15 is 0 Å². The van der Waals surface area contributed by atoms with Crippen molar-refractivity contribution in [1.29, 1.82) is 0 Å². The van der Waals surface area contributed by atoms with Gasteiger partial charge in [0, 0.05) is 26.3 Å². The average Bonchev–Trinajstić information content (AvgIpc) is 3.11. The highest BCUT2D eigenvalue weighted by Gasteiger charge is 2.36. The number of rotatable bonds is 10. The van der Waals surface area contributed by atoms with Crippen molar-refractivity contribution >= 4 is 15.9 Å². The summed E-state index contributed by atoms with van der Waals surface area (Å²) in [6.45, 7) is -0.161. The zero-order valence-electron chi connectivity index (χ0n) is 15.4. The zero-order valence-corrected chi connectivity index (χ0v) is 16.2. The quantitative estimate of drug-likeness (QED) is 0.541. The molecular weight excluding hydrogens is 376 g/mol. The van der Waals surface area contributed by atoms with Crippen LogP contribution in [0.4, 0.5) is 0 Å². The first-order chi connectivity index (χ1) is 12.8. The molecule has 150 valence electrons. The predicted molar refractivity (Wildman–Crippen MR) is 97.9 cm³/mol. The summed E-state index contributed by atoms with van der Waals surface area (Å²) in [5.41, 5.74) is 0.412. The molecule has 0 aliphatic carbocycles. The number of sulfonamides is 1. The third-order valence-electron chi connectivity index (χ3n) is 3.95. The Balaban J connectivity index is 1.80. The molecular formula is C17H24N2O7S. The Labute approximate surface area is 158 Å². The molecule has 1 heterocycles. The highest BCUT2D eigenvalue weighted by Crippen LogP contribution is 2.24. The molecule has 0 saturated carbocycles. The van der Waals surface area contributed by atoms with Gasteiger partial charge < -0.3 is 24.3 Å². The van der Waals surface area contributed by atoms with Crippen molar-refractivity contribution in [2.24, 2.45) is 0 Å². The van der Waals surface area contributed by atoms with E-state index in [-0.39, 0.29) is 24.7 Å². The molecule has 1 aliphatic heterocycles. The van der Waals surface area contributed by atoms with Crippen LogP contribution >= 0.6 is 0 Å². The molecule has 0 aromatic heterocycles. The van der Waals surface area contributed by atoms with Crippen molar-refractivity contribution in [2.75, 3.05) is 40.2 Å². The van der Waals surface area contributed by atoms with Gasteiger partial charge in [-0.2, -0.15) is 0 Å². The van der Waals surface area contributed by atoms with Crippen molar-refractivity contribution in [1.82, 2.24) is 10.0 Å². The second-order valence-electron chi connectivity index (χ2n) is 5.72. The molecule has 2 rings (SSSR count). The Kier molecular flexibility index (Phi) is 7.33. The number of carbonyl (C=O) groups excluding carboxylic acids is 1. The topological polar surface area (TPSA) is 112 Å². The summed E-state index contributed by atoms with van der Waals surface area (Å²) in [5.74, 6) is -1.25. The van der Waals surface area contributed by atoms with Gasteiger partial charge in [0.15, 0.2) is 6.29 Å². The maximum atomic E-state index is 12.2. The predicted octanol–water partition coefficient (Wildman–Crippen LogP) is 0.246. The van der Waals surface area contributed by atoms with Gasteiger partial charge in [0.05, 0.1) is 19.4 Å². The molecule has 0 saturated heterocycles. The zero-order chi connectivity index (χ0) is 19.9. The van der Waals surface area contributed by atoms with Gasteiger partial charge >= 0.3 is 0 Å². The smallest absolute Gasteiger partial charge is 0.251 e. The molecule has 0 unspecified atom stereocenters. The van der Waals surface area contributed by atoms with Crippen LogP contribution in [0.3, 0.4) is 0 Å². The summed E-state index contributed by atoms with van der Waals surface area (Å²) in [5, 5.41) is 2.56. The van der Waals surface area contributed by atoms with Crippen LogP contribution in [-0.2, 0) is 24.2 Å². The van der Waals surface area contributed by atoms with Crippen LogP contribution in [0.5, 0.6) is 5.75 Å². The van der Waals surface area contributed by atoms with Gasteiger partial charge in [-0.25, -0.2) is 13.1 Å². The Morgan fingerprint density at radius 1 is 1.22 bits per heavy atom. The van der Waals surface area contributed by atoms with Crippen LogP contribution in [0, 0.1) is 0 Å². The van der Waals surface area contributed by atoms with Crippen LogP contribution in [0.15, 0.2) is 36.4 Å². The van der Waals surface area contributed by atoms with Gasteiger partial charge in [-0.15, -0.1) is 0 Å². The molecule has 27 heavy (non-hydrogen) atoms. The van der Waals surface area contributed by atoms with Gasteiger partial charge in [-0.3, -0.25) is 4.79 Å². The lowest BCUT2D eigenvalue weighted by Crippen LogP contribution is -2.46. The van der Waals surface area contributed by atoms with E-state index in [0.29, 0.717) is 11.3 Å². The third kappa shape index (κ3) is 6.01. The summed E-state index contributed by atoms with van der Waals surface area (Å²) < 4.78 is 47.5. The Hall–Kier alpha value is -1.98. The molecule has 0 radical (unpaired) electrons. The van der Waals surface area contributed by atoms with Gasteiger partial charge in [0.1, 0.15) is 5.75 Å². The Morgan fingerprint density at radius 3 is 2.48 bits per heavy atom. The maximum Gasteiger partial charge on any atom is 0.251 e. The molecule has 1 aromatic carbocycles. The number of methoxy groups -OCH3 is 3. The number of ether oxygens (including phenoxy) is 4. The normalized spacial score (nSPS) is 22.0. The number of nitrogens with one attached hydrogen (secondary N) is 2. The molecule has 1 aromatic rings. The van der Waals surface area contributed by atoms with Crippen LogP contribution in [0.1, 0.15) is 10.4 Å². The second kappa shape index (κ2) is 9.29. The van der Waals surface area contributed by atoms with E-state index in [2.05, 4.69) is 10.0 Å². The number of carbonyl (C=O) groups is 1. The fourth-order valence-electron chi connectivity index (χ4n) is 2.34. The first-order valence-corrected chi connectivity index (χ1v) is 9.83. The molecule has 2 N–H and O–H groups in total. The summed E-state index contributed by atoms with van der Waals surface area (Å²) in [7, 11) is 0.758. The minimum absolute atomic E-state index is 0.0441. The SMILES string of the molecule is COc1ccc(C(=O)NCCS(=O)(=O)NC[C@@]2(OC)C=C[C@@H](OC)O2)cc1. The van der Waals surface area contributed by atoms with Crippen molar-refractivity contribution in [2.45, 2.75) is 12.1 Å². The molecule has 1 amide bonds. The molecule has 0 spiro atoms. The summed E-state index contributed by atoms with van der Waals surface area (Å²) >= 11 is 0. The molecule has 2 atom stereocenters. The average molecular weight is 400 g/mol. The highest BCUT2D eigenvalue weighted by atomic mass is 32.2. The summed E-state index contributed by atoms with van der Waals surface area (Å²) in [6.07, 6.45) is 2.63. The molecule has 10 heteroatoms. The van der Waals surface area contributed by atoms with E-state index < -0.39 is 22.1 Å². The van der Waals surface area contributed by atoms with E-state index in [0.717, 1.165) is 0 Å². The van der Waals surface area contributed by atoms with Crippen molar-refractivity contribution in [3.63, 3.8) is 0 Å². The lowest BCUT2D eigenvalue weighted by atomic mass is 10.2. The van der Waals surface area contributed by atoms with Crippen molar-refractivity contribution < 1.29 is 32.2 Å². The first-order valence-electron chi connectivity index (χ1n) is 8.18. The van der Waals surface area contributed by atoms with Crippen LogP contribution in [-0.4, -0.2) is 66.6 Å². The highest BCUT2D eigenvalue weighted by molar-refractivity contribution is 7.89. The molecule has 9 nitrogen and oxygen atoms in total. The Bertz CT molecular complexity index is 764. The third-order valence-corrected chi connectivity index (χ3v) is 5.27. The largest absolute Gasteiger partial charge is 0.497 e. The maximum absolute atomic E-state index is 12.2. The number of hydrogen-bond donors (Lipinski definition) is 2. The van der Waals surface area contributed by atoms with E-state index in [1.54, 1.807) is 36.4 Å². The summed E-state index contributed by atoms with van der Waals surface area (Å²) in [6, 6.07) is 6.50. The standard InChI is InChI=1S/C17H24N2O7S/c1-23-14-6-4-13(5-7-14)16(20)18-10-11-27(21,22)19-12-17(25-3)9-8-15(24-2)26-17/h4-9,15,19H,10-12H2,1-3H3,(H,18,20)/t15-,17+/m0/s1. The lowest BCUT2D eigenvalue weighted by molar-refractivity contribution is -0.237. The number of hydrogen-bond acceptors (Lipinski definition) is 7. The van der Waals surface area contributed by atoms with Crippen molar-refractivity contribution in [3.05, 3.63) is 42.0 Å². The van der Waals surface area contributed by atoms with E-state index in [4.69, 9.17) is 18.9 Å². The van der Waals surface area contributed by atoms with Crippen LogP contribution in [0.2, 0.25) is 0 Å². The fourth-order valence-corrected chi connectivity index (χ4v) is 3.28. The number of amides is 1. The number of benzene rings is 1. The lowest BCUT2D eigenvalue weighted by Gasteiger charge is -2.27. The van der Waals surface area contributed by atoms with Gasteiger partial charge in [-0.05, 0) is 36.4 Å². The Morgan fingerprint density at radius 2 is 1.93 bits per heavy atom. The minimum atomic E-state index is -3.65. The second-order valence-corrected chi connectivity index (χ2v) is 7.65. The van der Waals surface area contributed by atoms with E-state index in [1.807, 2.05) is 0 Å². The van der Waals surface area contributed by atoms with Crippen molar-refractivity contribution in [3.8, 4) is 5.75 Å². The fraction of sp³-hybridized carbons (Fsp3) is 0.471. The van der Waals surface area contributed by atoms with E-state index in [9.17, 15) is 13.2 Å². The monoisotopic (exact) mass is 400 g/mol. The summed E-state index contributed by atoms with van der Waals surface area (Å²) in [4.78, 5) is 12.0. The molecule has 1 aliphatic rings. The van der Waals surface area contributed by atoms with Crippen LogP contribution in [0.25, 0.3) is 0 Å². The van der Waals surface area contributed by atoms with Gasteiger partial charge in [-0.1, -0.05) is 0 Å². The first kappa shape index (κ1) is 21.3. The van der Waals surface area contributed by atoms with Gasteiger partial charge in [0.2, 0.25) is 15.8 Å². The van der Waals surface area contributed by atoms with E-state index in [1.165, 1.54) is 21.3 Å². The van der Waals surface area contributed by atoms with Gasteiger partial charge in [0.25, 0.3) is 5.91 Å².